The summed E-state index contributed by atoms with van der Waals surface area (Å²) in [6.45, 7) is 4.97. The fourth-order valence-electron chi connectivity index (χ4n) is 2.48. The summed E-state index contributed by atoms with van der Waals surface area (Å²) < 4.78 is 0. The van der Waals surface area contributed by atoms with Gasteiger partial charge in [0.15, 0.2) is 0 Å². The van der Waals surface area contributed by atoms with Crippen molar-refractivity contribution in [2.45, 2.75) is 25.9 Å². The molecule has 94 valence electrons. The third kappa shape index (κ3) is 3.14. The molecule has 1 saturated heterocycles. The highest BCUT2D eigenvalue weighted by molar-refractivity contribution is 6.35. The van der Waals surface area contributed by atoms with Crippen LogP contribution < -0.4 is 5.73 Å². The smallest absolute Gasteiger partial charge is 0.0465 e. The zero-order chi connectivity index (χ0) is 12.4. The summed E-state index contributed by atoms with van der Waals surface area (Å²) in [4.78, 5) is 2.44. The van der Waals surface area contributed by atoms with Gasteiger partial charge in [-0.3, -0.25) is 4.90 Å². The second kappa shape index (κ2) is 5.57. The van der Waals surface area contributed by atoms with E-state index >= 15 is 0 Å². The van der Waals surface area contributed by atoms with Crippen LogP contribution >= 0.6 is 23.2 Å². The molecule has 1 aromatic carbocycles. The monoisotopic (exact) mass is 272 g/mol. The van der Waals surface area contributed by atoms with Gasteiger partial charge in [-0.15, -0.1) is 0 Å². The van der Waals surface area contributed by atoms with Crippen LogP contribution in [-0.2, 0) is 6.54 Å². The second-order valence-corrected chi connectivity index (χ2v) is 5.70. The van der Waals surface area contributed by atoms with Crippen molar-refractivity contribution >= 4 is 23.2 Å². The molecule has 2 nitrogen and oxygen atoms in total. The fourth-order valence-corrected chi connectivity index (χ4v) is 2.95. The van der Waals surface area contributed by atoms with Gasteiger partial charge in [0.2, 0.25) is 0 Å². The molecule has 1 aliphatic rings. The Morgan fingerprint density at radius 3 is 2.76 bits per heavy atom. The van der Waals surface area contributed by atoms with Crippen molar-refractivity contribution in [2.75, 3.05) is 13.1 Å². The van der Waals surface area contributed by atoms with Crippen molar-refractivity contribution in [3.8, 4) is 0 Å². The standard InChI is InChI=1S/C13H18Cl2N2/c1-9-4-10(6-16)7-17(9)8-11-2-3-12(14)5-13(11)15/h2-3,5,9-10H,4,6-8,16H2,1H3. The van der Waals surface area contributed by atoms with Gasteiger partial charge in [0, 0.05) is 29.2 Å². The number of benzene rings is 1. The predicted molar refractivity (Wildman–Crippen MR) is 73.5 cm³/mol. The van der Waals surface area contributed by atoms with Crippen molar-refractivity contribution < 1.29 is 0 Å². The molecule has 4 heteroatoms. The molecule has 0 radical (unpaired) electrons. The Morgan fingerprint density at radius 2 is 2.18 bits per heavy atom. The number of likely N-dealkylation sites (tertiary alicyclic amines) is 1. The van der Waals surface area contributed by atoms with Gasteiger partial charge in [-0.25, -0.2) is 0 Å². The van der Waals surface area contributed by atoms with Gasteiger partial charge >= 0.3 is 0 Å². The molecular formula is C13H18Cl2N2. The van der Waals surface area contributed by atoms with Crippen molar-refractivity contribution in [1.29, 1.82) is 0 Å². The van der Waals surface area contributed by atoms with Gasteiger partial charge in [-0.2, -0.15) is 0 Å². The maximum absolute atomic E-state index is 6.19. The van der Waals surface area contributed by atoms with E-state index in [0.29, 0.717) is 17.0 Å². The molecule has 0 bridgehead atoms. The first-order valence-corrected chi connectivity index (χ1v) is 6.73. The number of halogens is 2. The average molecular weight is 273 g/mol. The number of hydrogen-bond donors (Lipinski definition) is 1. The maximum Gasteiger partial charge on any atom is 0.0465 e. The van der Waals surface area contributed by atoms with Crippen LogP contribution in [0.1, 0.15) is 18.9 Å². The van der Waals surface area contributed by atoms with E-state index in [1.807, 2.05) is 12.1 Å². The molecule has 0 aromatic heterocycles. The Balaban J connectivity index is 2.06. The lowest BCUT2D eigenvalue weighted by molar-refractivity contribution is 0.256. The summed E-state index contributed by atoms with van der Waals surface area (Å²) in [5.74, 6) is 0.621. The van der Waals surface area contributed by atoms with E-state index in [2.05, 4.69) is 11.8 Å². The van der Waals surface area contributed by atoms with E-state index in [-0.39, 0.29) is 0 Å². The van der Waals surface area contributed by atoms with Gasteiger partial charge < -0.3 is 5.73 Å². The minimum absolute atomic E-state index is 0.579. The Labute approximate surface area is 113 Å². The quantitative estimate of drug-likeness (QED) is 0.916. The first kappa shape index (κ1) is 13.2. The number of nitrogens with zero attached hydrogens (tertiary/aromatic N) is 1. The average Bonchev–Trinajstić information content (AvgIpc) is 2.64. The Hall–Kier alpha value is -0.280. The van der Waals surface area contributed by atoms with Crippen LogP contribution in [0, 0.1) is 5.92 Å². The first-order valence-electron chi connectivity index (χ1n) is 5.98. The zero-order valence-corrected chi connectivity index (χ0v) is 11.5. The maximum atomic E-state index is 6.19. The van der Waals surface area contributed by atoms with E-state index in [4.69, 9.17) is 28.9 Å². The van der Waals surface area contributed by atoms with Crippen molar-refractivity contribution in [3.05, 3.63) is 33.8 Å². The van der Waals surface area contributed by atoms with Gasteiger partial charge in [0.25, 0.3) is 0 Å². The molecule has 0 amide bonds. The Bertz CT molecular complexity index is 395. The summed E-state index contributed by atoms with van der Waals surface area (Å²) >= 11 is 12.1. The second-order valence-electron chi connectivity index (χ2n) is 4.85. The van der Waals surface area contributed by atoms with Crippen LogP contribution in [-0.4, -0.2) is 24.0 Å². The lowest BCUT2D eigenvalue weighted by Crippen LogP contribution is -2.27. The minimum atomic E-state index is 0.579. The SMILES string of the molecule is CC1CC(CN)CN1Cc1ccc(Cl)cc1Cl. The normalized spacial score (nSPS) is 25.4. The summed E-state index contributed by atoms with van der Waals surface area (Å²) in [5.41, 5.74) is 6.87. The van der Waals surface area contributed by atoms with Gasteiger partial charge in [-0.1, -0.05) is 29.3 Å². The number of rotatable bonds is 3. The van der Waals surface area contributed by atoms with Crippen molar-refractivity contribution in [2.24, 2.45) is 11.7 Å². The van der Waals surface area contributed by atoms with Crippen molar-refractivity contribution in [1.82, 2.24) is 4.90 Å². The molecule has 2 unspecified atom stereocenters. The largest absolute Gasteiger partial charge is 0.330 e. The van der Waals surface area contributed by atoms with Gasteiger partial charge in [-0.05, 0) is 43.5 Å². The molecule has 0 aliphatic carbocycles. The van der Waals surface area contributed by atoms with E-state index in [0.717, 1.165) is 30.2 Å². The highest BCUT2D eigenvalue weighted by atomic mass is 35.5. The highest BCUT2D eigenvalue weighted by Crippen LogP contribution is 2.27. The van der Waals surface area contributed by atoms with Crippen LogP contribution in [0.2, 0.25) is 10.0 Å². The molecule has 1 aliphatic heterocycles. The first-order chi connectivity index (χ1) is 8.10. The molecule has 17 heavy (non-hydrogen) atoms. The Kier molecular flexibility index (Phi) is 4.31. The lowest BCUT2D eigenvalue weighted by atomic mass is 10.1. The third-order valence-electron chi connectivity index (χ3n) is 3.51. The van der Waals surface area contributed by atoms with Crippen LogP contribution in [0.15, 0.2) is 18.2 Å². The molecule has 0 spiro atoms. The van der Waals surface area contributed by atoms with Crippen molar-refractivity contribution in [3.63, 3.8) is 0 Å². The lowest BCUT2D eigenvalue weighted by Gasteiger charge is -2.21. The topological polar surface area (TPSA) is 29.3 Å². The van der Waals surface area contributed by atoms with Crippen LogP contribution in [0.4, 0.5) is 0 Å². The summed E-state index contributed by atoms with van der Waals surface area (Å²) in [6, 6.07) is 6.28. The van der Waals surface area contributed by atoms with E-state index in [1.165, 1.54) is 6.42 Å². The molecule has 2 rings (SSSR count). The molecule has 0 saturated carbocycles. The fraction of sp³-hybridized carbons (Fsp3) is 0.538. The highest BCUT2D eigenvalue weighted by Gasteiger charge is 2.28. The third-order valence-corrected chi connectivity index (χ3v) is 4.10. The summed E-state index contributed by atoms with van der Waals surface area (Å²) in [7, 11) is 0. The van der Waals surface area contributed by atoms with E-state index in [1.54, 1.807) is 6.07 Å². The summed E-state index contributed by atoms with van der Waals surface area (Å²) in [6.07, 6.45) is 1.18. The Morgan fingerprint density at radius 1 is 1.41 bits per heavy atom. The van der Waals surface area contributed by atoms with E-state index < -0.39 is 0 Å². The van der Waals surface area contributed by atoms with Gasteiger partial charge in [0.1, 0.15) is 0 Å². The minimum Gasteiger partial charge on any atom is -0.330 e. The molecule has 1 heterocycles. The molecule has 1 aromatic rings. The number of nitrogens with two attached hydrogens (primary N) is 1. The molecule has 2 atom stereocenters. The molecule has 2 N–H and O–H groups in total. The van der Waals surface area contributed by atoms with Gasteiger partial charge in [0.05, 0.1) is 0 Å². The van der Waals surface area contributed by atoms with Crippen LogP contribution in [0.5, 0.6) is 0 Å². The zero-order valence-electron chi connectivity index (χ0n) is 10.00. The summed E-state index contributed by atoms with van der Waals surface area (Å²) in [5, 5.41) is 1.44. The van der Waals surface area contributed by atoms with Crippen LogP contribution in [0.3, 0.4) is 0 Å². The number of hydrogen-bond acceptors (Lipinski definition) is 2. The predicted octanol–water partition coefficient (Wildman–Crippen LogP) is 3.16. The van der Waals surface area contributed by atoms with E-state index in [9.17, 15) is 0 Å². The molecule has 1 fully saturated rings. The van der Waals surface area contributed by atoms with Crippen LogP contribution in [0.25, 0.3) is 0 Å². The molecular weight excluding hydrogens is 255 g/mol.